The Morgan fingerprint density at radius 1 is 1.42 bits per heavy atom. The summed E-state index contributed by atoms with van der Waals surface area (Å²) in [6.07, 6.45) is 6.40. The van der Waals surface area contributed by atoms with Gasteiger partial charge in [-0.25, -0.2) is 0 Å². The molecule has 1 aliphatic heterocycles. The average Bonchev–Trinajstić information content (AvgIpc) is 2.97. The van der Waals surface area contributed by atoms with E-state index in [1.807, 2.05) is 11.0 Å². The Hall–Kier alpha value is -1.89. The number of amides is 1. The molecule has 1 aromatic rings. The number of hydrogen-bond donors (Lipinski definition) is 1. The number of likely N-dealkylation sites (tertiary alicyclic amines) is 1. The maximum Gasteiger partial charge on any atom is 0.325 e. The van der Waals surface area contributed by atoms with Crippen molar-refractivity contribution >= 4 is 11.9 Å². The molecule has 1 aliphatic carbocycles. The summed E-state index contributed by atoms with van der Waals surface area (Å²) in [6.45, 7) is 1.76. The van der Waals surface area contributed by atoms with Crippen LogP contribution >= 0.6 is 0 Å². The van der Waals surface area contributed by atoms with E-state index in [2.05, 4.69) is 5.10 Å². The molecule has 132 valence electrons. The van der Waals surface area contributed by atoms with Gasteiger partial charge in [-0.1, -0.05) is 6.42 Å². The topological polar surface area (TPSA) is 84.7 Å². The van der Waals surface area contributed by atoms with Gasteiger partial charge < -0.3 is 14.7 Å². The molecular weight excluding hydrogens is 310 g/mol. The first-order chi connectivity index (χ1) is 11.6. The zero-order chi connectivity index (χ0) is 17.2. The number of rotatable bonds is 6. The number of carbonyl (C=O) groups is 2. The van der Waals surface area contributed by atoms with Gasteiger partial charge in [0.1, 0.15) is 6.54 Å². The molecule has 1 atom stereocenters. The SMILES string of the molecule is COCC1(C(=O)N2CCC[C@H](c3ccnn3CC(=O)O)C2)CCC1. The summed E-state index contributed by atoms with van der Waals surface area (Å²) in [5, 5.41) is 13.1. The van der Waals surface area contributed by atoms with Gasteiger partial charge in [-0.2, -0.15) is 5.10 Å². The van der Waals surface area contributed by atoms with Crippen molar-refractivity contribution in [1.82, 2.24) is 14.7 Å². The third-order valence-corrected chi connectivity index (χ3v) is 5.35. The average molecular weight is 335 g/mol. The van der Waals surface area contributed by atoms with E-state index in [0.29, 0.717) is 13.2 Å². The van der Waals surface area contributed by atoms with Crippen molar-refractivity contribution in [2.75, 3.05) is 26.8 Å². The van der Waals surface area contributed by atoms with E-state index in [1.165, 1.54) is 4.68 Å². The van der Waals surface area contributed by atoms with Crippen LogP contribution < -0.4 is 0 Å². The molecule has 7 nitrogen and oxygen atoms in total. The second-order valence-electron chi connectivity index (χ2n) is 6.96. The predicted molar refractivity (Wildman–Crippen MR) is 86.6 cm³/mol. The normalized spacial score (nSPS) is 22.9. The first-order valence-corrected chi connectivity index (χ1v) is 8.57. The Bertz CT molecular complexity index is 609. The maximum absolute atomic E-state index is 13.0. The summed E-state index contributed by atoms with van der Waals surface area (Å²) in [5.41, 5.74) is 0.571. The van der Waals surface area contributed by atoms with E-state index < -0.39 is 5.97 Å². The third-order valence-electron chi connectivity index (χ3n) is 5.35. The van der Waals surface area contributed by atoms with Gasteiger partial charge in [-0.3, -0.25) is 14.3 Å². The zero-order valence-corrected chi connectivity index (χ0v) is 14.1. The van der Waals surface area contributed by atoms with Crippen LogP contribution in [-0.4, -0.2) is 58.5 Å². The molecule has 1 amide bonds. The van der Waals surface area contributed by atoms with Crippen LogP contribution in [0, 0.1) is 5.41 Å². The number of ether oxygens (including phenoxy) is 1. The summed E-state index contributed by atoms with van der Waals surface area (Å²) in [7, 11) is 1.65. The number of carboxylic acids is 1. The van der Waals surface area contributed by atoms with E-state index in [1.54, 1.807) is 13.3 Å². The highest BCUT2D eigenvalue weighted by Gasteiger charge is 2.47. The molecular formula is C17H25N3O4. The van der Waals surface area contributed by atoms with Crippen molar-refractivity contribution in [2.45, 2.75) is 44.6 Å². The molecule has 3 rings (SSSR count). The number of carbonyl (C=O) groups excluding carboxylic acids is 1. The Morgan fingerprint density at radius 3 is 2.83 bits per heavy atom. The third kappa shape index (κ3) is 3.17. The van der Waals surface area contributed by atoms with E-state index in [0.717, 1.165) is 44.3 Å². The Morgan fingerprint density at radius 2 is 2.21 bits per heavy atom. The second kappa shape index (κ2) is 6.93. The molecule has 7 heteroatoms. The molecule has 0 bridgehead atoms. The summed E-state index contributed by atoms with van der Waals surface area (Å²) in [6, 6.07) is 1.87. The van der Waals surface area contributed by atoms with Crippen molar-refractivity contribution < 1.29 is 19.4 Å². The molecule has 1 saturated heterocycles. The van der Waals surface area contributed by atoms with Crippen LogP contribution in [0.2, 0.25) is 0 Å². The molecule has 0 aromatic carbocycles. The molecule has 1 saturated carbocycles. The number of piperidine rings is 1. The molecule has 0 unspecified atom stereocenters. The van der Waals surface area contributed by atoms with Gasteiger partial charge in [0.25, 0.3) is 0 Å². The number of aliphatic carboxylic acids is 1. The van der Waals surface area contributed by atoms with Crippen molar-refractivity contribution in [2.24, 2.45) is 5.41 Å². The van der Waals surface area contributed by atoms with Gasteiger partial charge in [-0.05, 0) is 31.7 Å². The highest BCUT2D eigenvalue weighted by molar-refractivity contribution is 5.84. The quantitative estimate of drug-likeness (QED) is 0.851. The van der Waals surface area contributed by atoms with Crippen LogP contribution in [0.5, 0.6) is 0 Å². The molecule has 2 aliphatic rings. The van der Waals surface area contributed by atoms with E-state index in [9.17, 15) is 9.59 Å². The van der Waals surface area contributed by atoms with Gasteiger partial charge in [-0.15, -0.1) is 0 Å². The van der Waals surface area contributed by atoms with Crippen LogP contribution in [0.25, 0.3) is 0 Å². The lowest BCUT2D eigenvalue weighted by molar-refractivity contribution is -0.153. The van der Waals surface area contributed by atoms with E-state index >= 15 is 0 Å². The highest BCUT2D eigenvalue weighted by atomic mass is 16.5. The van der Waals surface area contributed by atoms with Crippen molar-refractivity contribution in [3.05, 3.63) is 18.0 Å². The number of nitrogens with zero attached hydrogens (tertiary/aromatic N) is 3. The minimum absolute atomic E-state index is 0.139. The highest BCUT2D eigenvalue weighted by Crippen LogP contribution is 2.43. The van der Waals surface area contributed by atoms with Crippen molar-refractivity contribution in [3.63, 3.8) is 0 Å². The lowest BCUT2D eigenvalue weighted by Crippen LogP contribution is -2.52. The summed E-state index contributed by atoms with van der Waals surface area (Å²) < 4.78 is 6.83. The molecule has 1 aromatic heterocycles. The number of methoxy groups -OCH3 is 1. The fraction of sp³-hybridized carbons (Fsp3) is 0.706. The van der Waals surface area contributed by atoms with Crippen LogP contribution in [0.1, 0.15) is 43.7 Å². The molecule has 24 heavy (non-hydrogen) atoms. The van der Waals surface area contributed by atoms with Crippen molar-refractivity contribution in [1.29, 1.82) is 0 Å². The van der Waals surface area contributed by atoms with Gasteiger partial charge >= 0.3 is 5.97 Å². The van der Waals surface area contributed by atoms with Crippen LogP contribution in [0.4, 0.5) is 0 Å². The standard InChI is InChI=1S/C17H25N3O4/c1-24-12-17(6-3-7-17)16(23)19-9-2-4-13(10-19)14-5-8-18-20(14)11-15(21)22/h5,8,13H,2-4,6-7,9-12H2,1H3,(H,21,22)/t13-/m0/s1. The number of carboxylic acid groups (broad SMARTS) is 1. The monoisotopic (exact) mass is 335 g/mol. The predicted octanol–water partition coefficient (Wildman–Crippen LogP) is 1.49. The van der Waals surface area contributed by atoms with E-state index in [-0.39, 0.29) is 23.8 Å². The fourth-order valence-corrected chi connectivity index (χ4v) is 3.99. The van der Waals surface area contributed by atoms with Crippen LogP contribution in [-0.2, 0) is 20.9 Å². The van der Waals surface area contributed by atoms with Gasteiger partial charge in [0.2, 0.25) is 5.91 Å². The summed E-state index contributed by atoms with van der Waals surface area (Å²) in [4.78, 5) is 25.9. The number of hydrogen-bond acceptors (Lipinski definition) is 4. The zero-order valence-electron chi connectivity index (χ0n) is 14.1. The van der Waals surface area contributed by atoms with Gasteiger partial charge in [0.15, 0.2) is 0 Å². The molecule has 2 heterocycles. The number of aromatic nitrogens is 2. The first-order valence-electron chi connectivity index (χ1n) is 8.57. The van der Waals surface area contributed by atoms with Crippen LogP contribution in [0.15, 0.2) is 12.3 Å². The Kier molecular flexibility index (Phi) is 4.89. The van der Waals surface area contributed by atoms with Gasteiger partial charge in [0.05, 0.1) is 12.0 Å². The van der Waals surface area contributed by atoms with E-state index in [4.69, 9.17) is 9.84 Å². The minimum Gasteiger partial charge on any atom is -0.480 e. The fourth-order valence-electron chi connectivity index (χ4n) is 3.99. The molecule has 0 radical (unpaired) electrons. The second-order valence-corrected chi connectivity index (χ2v) is 6.96. The van der Waals surface area contributed by atoms with Crippen LogP contribution in [0.3, 0.4) is 0 Å². The Balaban J connectivity index is 1.72. The Labute approximate surface area is 141 Å². The molecule has 2 fully saturated rings. The summed E-state index contributed by atoms with van der Waals surface area (Å²) in [5.74, 6) is -0.564. The smallest absolute Gasteiger partial charge is 0.325 e. The lowest BCUT2D eigenvalue weighted by Gasteiger charge is -2.45. The van der Waals surface area contributed by atoms with Crippen molar-refractivity contribution in [3.8, 4) is 0 Å². The molecule has 1 N–H and O–H groups in total. The first kappa shape index (κ1) is 17.0. The lowest BCUT2D eigenvalue weighted by atomic mass is 9.68. The summed E-state index contributed by atoms with van der Waals surface area (Å²) >= 11 is 0. The van der Waals surface area contributed by atoms with Gasteiger partial charge in [0, 0.05) is 38.0 Å². The minimum atomic E-state index is -0.905. The largest absolute Gasteiger partial charge is 0.480 e. The maximum atomic E-state index is 13.0. The molecule has 0 spiro atoms.